The van der Waals surface area contributed by atoms with Crippen LogP contribution < -0.4 is 0 Å². The van der Waals surface area contributed by atoms with E-state index in [4.69, 9.17) is 0 Å². The molecule has 0 heterocycles. The molecule has 3 nitrogen and oxygen atoms in total. The van der Waals surface area contributed by atoms with Gasteiger partial charge in [0.2, 0.25) is 0 Å². The molecule has 21 heavy (non-hydrogen) atoms. The Morgan fingerprint density at radius 2 is 1.95 bits per heavy atom. The van der Waals surface area contributed by atoms with Gasteiger partial charge >= 0.3 is 0 Å². The van der Waals surface area contributed by atoms with Gasteiger partial charge in [-0.15, -0.1) is 0 Å². The third kappa shape index (κ3) is 1.64. The van der Waals surface area contributed by atoms with E-state index in [0.717, 1.165) is 42.0 Å². The van der Waals surface area contributed by atoms with Crippen LogP contribution in [0.4, 0.5) is 0 Å². The van der Waals surface area contributed by atoms with Crippen molar-refractivity contribution in [1.82, 2.24) is 0 Å². The van der Waals surface area contributed by atoms with Crippen molar-refractivity contribution in [3.63, 3.8) is 0 Å². The molecule has 0 spiro atoms. The molecule has 3 heteroatoms. The van der Waals surface area contributed by atoms with E-state index in [9.17, 15) is 15.3 Å². The van der Waals surface area contributed by atoms with Crippen molar-refractivity contribution in [2.45, 2.75) is 44.6 Å². The van der Waals surface area contributed by atoms with Gasteiger partial charge in [-0.25, -0.2) is 0 Å². The average Bonchev–Trinajstić information content (AvgIpc) is 2.74. The molecule has 2 aliphatic rings. The summed E-state index contributed by atoms with van der Waals surface area (Å²) in [5.41, 5.74) is 2.11. The van der Waals surface area contributed by atoms with Gasteiger partial charge in [0.25, 0.3) is 0 Å². The average molecular weight is 284 g/mol. The topological polar surface area (TPSA) is 60.7 Å². The molecule has 2 aromatic carbocycles. The number of aryl methyl sites for hydroxylation is 1. The first-order chi connectivity index (χ1) is 10.0. The third-order valence-corrected chi connectivity index (χ3v) is 5.80. The first kappa shape index (κ1) is 13.0. The van der Waals surface area contributed by atoms with Crippen molar-refractivity contribution in [2.75, 3.05) is 0 Å². The van der Waals surface area contributed by atoms with Crippen molar-refractivity contribution in [2.24, 2.45) is 5.41 Å². The summed E-state index contributed by atoms with van der Waals surface area (Å²) in [6.07, 6.45) is 3.29. The summed E-state index contributed by atoms with van der Waals surface area (Å²) < 4.78 is 0. The number of aliphatic hydroxyl groups excluding tert-OH is 1. The SMILES string of the molecule is CC12CCc3c(c(O)cc4cc(O)ccc34)C1CC[C@H]2O. The number of aliphatic hydroxyl groups is 1. The maximum Gasteiger partial charge on any atom is 0.119 e. The number of benzene rings is 2. The number of fused-ring (bicyclic) bond motifs is 5. The van der Waals surface area contributed by atoms with Crippen LogP contribution in [0.5, 0.6) is 11.5 Å². The van der Waals surface area contributed by atoms with E-state index in [1.165, 1.54) is 5.56 Å². The summed E-state index contributed by atoms with van der Waals surface area (Å²) in [4.78, 5) is 0. The minimum atomic E-state index is -0.273. The summed E-state index contributed by atoms with van der Waals surface area (Å²) in [7, 11) is 0. The van der Waals surface area contributed by atoms with Gasteiger partial charge in [0.15, 0.2) is 0 Å². The van der Waals surface area contributed by atoms with E-state index >= 15 is 0 Å². The minimum absolute atomic E-state index is 0.116. The van der Waals surface area contributed by atoms with Gasteiger partial charge in [0.05, 0.1) is 6.10 Å². The lowest BCUT2D eigenvalue weighted by molar-refractivity contribution is 0.0453. The molecule has 0 saturated heterocycles. The Kier molecular flexibility index (Phi) is 2.55. The minimum Gasteiger partial charge on any atom is -0.508 e. The van der Waals surface area contributed by atoms with Crippen LogP contribution in [0.1, 0.15) is 43.2 Å². The Hall–Kier alpha value is -1.74. The first-order valence-corrected chi connectivity index (χ1v) is 7.66. The van der Waals surface area contributed by atoms with Crippen LogP contribution in [0, 0.1) is 5.41 Å². The lowest BCUT2D eigenvalue weighted by atomic mass is 9.65. The smallest absolute Gasteiger partial charge is 0.119 e. The Labute approximate surface area is 123 Å². The van der Waals surface area contributed by atoms with E-state index in [0.29, 0.717) is 5.75 Å². The highest BCUT2D eigenvalue weighted by molar-refractivity contribution is 5.90. The Bertz CT molecular complexity index is 737. The van der Waals surface area contributed by atoms with Gasteiger partial charge in [-0.05, 0) is 66.1 Å². The van der Waals surface area contributed by atoms with E-state index < -0.39 is 0 Å². The molecular weight excluding hydrogens is 264 g/mol. The number of aromatic hydroxyl groups is 2. The van der Waals surface area contributed by atoms with Crippen molar-refractivity contribution in [3.8, 4) is 11.5 Å². The van der Waals surface area contributed by atoms with Gasteiger partial charge in [-0.3, -0.25) is 0 Å². The fourth-order valence-corrected chi connectivity index (χ4v) is 4.55. The molecular formula is C18H20O3. The fourth-order valence-electron chi connectivity index (χ4n) is 4.55. The van der Waals surface area contributed by atoms with Gasteiger partial charge in [0.1, 0.15) is 11.5 Å². The van der Waals surface area contributed by atoms with Crippen molar-refractivity contribution >= 4 is 10.8 Å². The van der Waals surface area contributed by atoms with Crippen LogP contribution in [-0.4, -0.2) is 21.4 Å². The predicted molar refractivity (Wildman–Crippen MR) is 81.7 cm³/mol. The Balaban J connectivity index is 1.99. The molecule has 4 rings (SSSR count). The monoisotopic (exact) mass is 284 g/mol. The van der Waals surface area contributed by atoms with Gasteiger partial charge < -0.3 is 15.3 Å². The molecule has 2 aliphatic carbocycles. The summed E-state index contributed by atoms with van der Waals surface area (Å²) in [6.45, 7) is 2.15. The normalized spacial score (nSPS) is 31.1. The zero-order valence-electron chi connectivity index (χ0n) is 12.1. The van der Waals surface area contributed by atoms with E-state index in [-0.39, 0.29) is 23.2 Å². The number of phenols is 2. The van der Waals surface area contributed by atoms with E-state index in [1.54, 1.807) is 18.2 Å². The number of phenolic OH excluding ortho intramolecular Hbond substituents is 2. The molecule has 3 atom stereocenters. The lowest BCUT2D eigenvalue weighted by Gasteiger charge is -2.40. The zero-order valence-corrected chi connectivity index (χ0v) is 12.1. The third-order valence-electron chi connectivity index (χ3n) is 5.80. The molecule has 2 unspecified atom stereocenters. The van der Waals surface area contributed by atoms with Crippen LogP contribution in [0.25, 0.3) is 10.8 Å². The highest BCUT2D eigenvalue weighted by Gasteiger charge is 2.50. The first-order valence-electron chi connectivity index (χ1n) is 7.66. The number of hydrogen-bond donors (Lipinski definition) is 3. The summed E-state index contributed by atoms with van der Waals surface area (Å²) in [5, 5.41) is 32.5. The second kappa shape index (κ2) is 4.14. The molecule has 1 saturated carbocycles. The molecule has 2 aromatic rings. The maximum atomic E-state index is 10.5. The summed E-state index contributed by atoms with van der Waals surface area (Å²) >= 11 is 0. The van der Waals surface area contributed by atoms with Crippen molar-refractivity contribution < 1.29 is 15.3 Å². The van der Waals surface area contributed by atoms with E-state index in [2.05, 4.69) is 6.92 Å². The van der Waals surface area contributed by atoms with Gasteiger partial charge in [-0.2, -0.15) is 0 Å². The Morgan fingerprint density at radius 1 is 1.14 bits per heavy atom. The number of hydrogen-bond acceptors (Lipinski definition) is 3. The molecule has 0 radical (unpaired) electrons. The summed E-state index contributed by atoms with van der Waals surface area (Å²) in [6, 6.07) is 7.10. The highest BCUT2D eigenvalue weighted by atomic mass is 16.3. The molecule has 3 N–H and O–H groups in total. The van der Waals surface area contributed by atoms with Crippen LogP contribution >= 0.6 is 0 Å². The van der Waals surface area contributed by atoms with Crippen LogP contribution in [0.15, 0.2) is 24.3 Å². The van der Waals surface area contributed by atoms with Gasteiger partial charge in [0, 0.05) is 11.0 Å². The van der Waals surface area contributed by atoms with Crippen molar-refractivity contribution in [1.29, 1.82) is 0 Å². The highest BCUT2D eigenvalue weighted by Crippen LogP contribution is 2.58. The van der Waals surface area contributed by atoms with Crippen molar-refractivity contribution in [3.05, 3.63) is 35.4 Å². The maximum absolute atomic E-state index is 10.5. The molecule has 0 aliphatic heterocycles. The largest absolute Gasteiger partial charge is 0.508 e. The van der Waals surface area contributed by atoms with Crippen LogP contribution in [0.3, 0.4) is 0 Å². The van der Waals surface area contributed by atoms with Gasteiger partial charge in [-0.1, -0.05) is 13.0 Å². The molecule has 110 valence electrons. The van der Waals surface area contributed by atoms with E-state index in [1.807, 2.05) is 6.07 Å². The van der Waals surface area contributed by atoms with Crippen LogP contribution in [0.2, 0.25) is 0 Å². The molecule has 0 bridgehead atoms. The summed E-state index contributed by atoms with van der Waals surface area (Å²) in [5.74, 6) is 0.765. The molecule has 0 amide bonds. The Morgan fingerprint density at radius 3 is 2.76 bits per heavy atom. The quantitative estimate of drug-likeness (QED) is 0.694. The predicted octanol–water partition coefficient (Wildman–Crippen LogP) is 3.44. The second-order valence-corrected chi connectivity index (χ2v) is 6.84. The number of rotatable bonds is 0. The second-order valence-electron chi connectivity index (χ2n) is 6.84. The van der Waals surface area contributed by atoms with Crippen LogP contribution in [-0.2, 0) is 6.42 Å². The molecule has 1 fully saturated rings. The molecule has 0 aromatic heterocycles. The fraction of sp³-hybridized carbons (Fsp3) is 0.444. The zero-order chi connectivity index (χ0) is 14.8. The lowest BCUT2D eigenvalue weighted by Crippen LogP contribution is -2.35. The standard InChI is InChI=1S/C18H20O3/c1-18-7-6-13-12-3-2-11(19)8-10(12)9-15(20)17(13)14(18)4-5-16(18)21/h2-3,8-9,14,16,19-21H,4-7H2,1H3/t14?,16-,18?/m1/s1.